The van der Waals surface area contributed by atoms with Crippen LogP contribution in [0.2, 0.25) is 0 Å². The summed E-state index contributed by atoms with van der Waals surface area (Å²) in [6.07, 6.45) is 10.2. The third-order valence-electron chi connectivity index (χ3n) is 8.88. The Morgan fingerprint density at radius 2 is 1.43 bits per heavy atom. The molecule has 5 aromatic rings. The summed E-state index contributed by atoms with van der Waals surface area (Å²) in [6.45, 7) is 2.07. The summed E-state index contributed by atoms with van der Waals surface area (Å²) < 4.78 is 0. The summed E-state index contributed by atoms with van der Waals surface area (Å²) in [5.41, 5.74) is 2.47. The Morgan fingerprint density at radius 3 is 2.23 bits per heavy atom. The number of anilines is 1. The van der Waals surface area contributed by atoms with Crippen LogP contribution in [0.3, 0.4) is 0 Å². The van der Waals surface area contributed by atoms with Gasteiger partial charge in [-0.05, 0) is 83.0 Å². The van der Waals surface area contributed by atoms with E-state index >= 15 is 0 Å². The van der Waals surface area contributed by atoms with Gasteiger partial charge in [-0.1, -0.05) is 86.3 Å². The molecule has 210 valence electrons. The van der Waals surface area contributed by atoms with Gasteiger partial charge in [0.2, 0.25) is 0 Å². The number of fused-ring (bicyclic) bond motifs is 4. The summed E-state index contributed by atoms with van der Waals surface area (Å²) in [4.78, 5) is 11.8. The minimum atomic E-state index is 0. The Labute approximate surface area is 241 Å². The fraction of sp³-hybridized carbons (Fsp3) is 0.389. The van der Waals surface area contributed by atoms with Gasteiger partial charge in [0.15, 0.2) is 0 Å². The first-order chi connectivity index (χ1) is 19.7. The predicted molar refractivity (Wildman–Crippen MR) is 174 cm³/mol. The second kappa shape index (κ2) is 12.3. The summed E-state index contributed by atoms with van der Waals surface area (Å²) in [5.74, 6) is 3.70. The molecule has 0 atom stereocenters. The zero-order chi connectivity index (χ0) is 27.3. The average Bonchev–Trinajstić information content (AvgIpc) is 2.99. The van der Waals surface area contributed by atoms with Crippen LogP contribution in [0, 0.1) is 11.8 Å². The fourth-order valence-corrected chi connectivity index (χ4v) is 6.69. The maximum atomic E-state index is 4.88. The van der Waals surface area contributed by atoms with Crippen molar-refractivity contribution in [2.75, 3.05) is 25.5 Å². The maximum Gasteiger partial charge on any atom is 0.139 e. The first-order valence-corrected chi connectivity index (χ1v) is 15.2. The molecule has 1 heterocycles. The predicted octanol–water partition coefficient (Wildman–Crippen LogP) is 8.80. The molecule has 1 saturated carbocycles. The Bertz CT molecular complexity index is 1590. The highest BCUT2D eigenvalue weighted by atomic mass is 15.1. The van der Waals surface area contributed by atoms with Gasteiger partial charge in [-0.3, -0.25) is 0 Å². The van der Waals surface area contributed by atoms with Crippen molar-refractivity contribution in [3.05, 3.63) is 90.3 Å². The number of aryl methyl sites for hydroxylation is 1. The van der Waals surface area contributed by atoms with E-state index < -0.39 is 0 Å². The molecule has 1 aromatic heterocycles. The van der Waals surface area contributed by atoms with Crippen LogP contribution in [0.4, 0.5) is 5.82 Å². The Hall–Kier alpha value is -3.50. The number of nitrogens with zero attached hydrogens (tertiary/aromatic N) is 3. The quantitative estimate of drug-likeness (QED) is 0.144. The van der Waals surface area contributed by atoms with E-state index in [1.165, 1.54) is 72.1 Å². The van der Waals surface area contributed by atoms with Gasteiger partial charge in [0.25, 0.3) is 0 Å². The van der Waals surface area contributed by atoms with Crippen LogP contribution in [0.15, 0.2) is 78.9 Å². The highest BCUT2D eigenvalue weighted by Crippen LogP contribution is 2.33. The summed E-state index contributed by atoms with van der Waals surface area (Å²) in [7, 11) is 4.13. The van der Waals surface area contributed by atoms with Crippen molar-refractivity contribution < 1.29 is 2.85 Å². The van der Waals surface area contributed by atoms with Gasteiger partial charge in [-0.15, -0.1) is 0 Å². The zero-order valence-corrected chi connectivity index (χ0v) is 24.1. The highest BCUT2D eigenvalue weighted by Gasteiger charge is 2.21. The summed E-state index contributed by atoms with van der Waals surface area (Å²) in [6, 6.07) is 28.4. The highest BCUT2D eigenvalue weighted by molar-refractivity contribution is 6.08. The number of rotatable bonds is 10. The normalized spacial score (nSPS) is 17.6. The molecule has 1 fully saturated rings. The molecular weight excluding hydrogens is 488 g/mol. The van der Waals surface area contributed by atoms with Crippen LogP contribution >= 0.6 is 0 Å². The van der Waals surface area contributed by atoms with Crippen LogP contribution in [-0.2, 0) is 13.0 Å². The first kappa shape index (κ1) is 26.7. The van der Waals surface area contributed by atoms with Crippen molar-refractivity contribution in [1.82, 2.24) is 15.3 Å². The molecule has 0 bridgehead atoms. The van der Waals surface area contributed by atoms with Crippen molar-refractivity contribution in [3.8, 4) is 0 Å². The standard InChI is InChI=1S/C36H42N4.2H2/c1-40(2)36-33-16-8-9-17-34(33)38-35(39-36)18-10-3-11-26-19-21-27(22-20-26)24-37-25-29-23-28-12-4-5-13-30(28)32-15-7-6-14-31(29)32;;/h4-9,12-17,23,26-27,37H,3,10-11,18-22,24-25H2,1-2H3;2*1H. The van der Waals surface area contributed by atoms with Crippen LogP contribution in [0.25, 0.3) is 32.4 Å². The van der Waals surface area contributed by atoms with Gasteiger partial charge in [-0.25, -0.2) is 9.97 Å². The van der Waals surface area contributed by atoms with Crippen molar-refractivity contribution in [2.45, 2.75) is 57.9 Å². The molecular formula is C36H46N4. The molecule has 1 aliphatic rings. The molecule has 4 heteroatoms. The Kier molecular flexibility index (Phi) is 8.24. The molecule has 4 aromatic carbocycles. The van der Waals surface area contributed by atoms with Gasteiger partial charge in [0, 0.05) is 35.3 Å². The molecule has 40 heavy (non-hydrogen) atoms. The summed E-state index contributed by atoms with van der Waals surface area (Å²) in [5, 5.41) is 10.4. The van der Waals surface area contributed by atoms with E-state index in [0.29, 0.717) is 0 Å². The molecule has 0 unspecified atom stereocenters. The van der Waals surface area contributed by atoms with E-state index in [1.54, 1.807) is 0 Å². The molecule has 0 saturated heterocycles. The molecule has 0 amide bonds. The average molecular weight is 535 g/mol. The largest absolute Gasteiger partial charge is 0.362 e. The monoisotopic (exact) mass is 534 g/mol. The lowest BCUT2D eigenvalue weighted by atomic mass is 9.79. The van der Waals surface area contributed by atoms with E-state index in [0.717, 1.165) is 53.9 Å². The number of aromatic nitrogens is 2. The topological polar surface area (TPSA) is 41.1 Å². The Morgan fingerprint density at radius 1 is 0.750 bits per heavy atom. The molecule has 0 radical (unpaired) electrons. The first-order valence-electron chi connectivity index (χ1n) is 15.2. The Balaban J connectivity index is 0.00000202. The maximum absolute atomic E-state index is 4.88. The third-order valence-corrected chi connectivity index (χ3v) is 8.88. The summed E-state index contributed by atoms with van der Waals surface area (Å²) >= 11 is 0. The van der Waals surface area contributed by atoms with Crippen LogP contribution in [-0.4, -0.2) is 30.6 Å². The van der Waals surface area contributed by atoms with E-state index in [9.17, 15) is 0 Å². The van der Waals surface area contributed by atoms with E-state index in [2.05, 4.69) is 103 Å². The lowest BCUT2D eigenvalue weighted by Crippen LogP contribution is -2.26. The molecule has 1 N–H and O–H groups in total. The van der Waals surface area contributed by atoms with Crippen LogP contribution in [0.1, 0.15) is 59.2 Å². The fourth-order valence-electron chi connectivity index (χ4n) is 6.69. The number of hydrogen-bond donors (Lipinski definition) is 1. The number of unbranched alkanes of at least 4 members (excludes halogenated alkanes) is 1. The molecule has 6 rings (SSSR count). The number of para-hydroxylation sites is 1. The molecule has 4 nitrogen and oxygen atoms in total. The second-order valence-corrected chi connectivity index (χ2v) is 11.9. The lowest BCUT2D eigenvalue weighted by molar-refractivity contribution is 0.253. The number of nitrogens with one attached hydrogen (secondary N) is 1. The van der Waals surface area contributed by atoms with Crippen molar-refractivity contribution >= 4 is 38.3 Å². The van der Waals surface area contributed by atoms with Crippen molar-refractivity contribution in [3.63, 3.8) is 0 Å². The van der Waals surface area contributed by atoms with Crippen LogP contribution < -0.4 is 10.2 Å². The number of hydrogen-bond acceptors (Lipinski definition) is 4. The van der Waals surface area contributed by atoms with Crippen molar-refractivity contribution in [1.29, 1.82) is 0 Å². The van der Waals surface area contributed by atoms with Gasteiger partial charge < -0.3 is 10.2 Å². The number of benzene rings is 4. The van der Waals surface area contributed by atoms with Crippen molar-refractivity contribution in [2.24, 2.45) is 11.8 Å². The third kappa shape index (κ3) is 5.97. The molecule has 0 spiro atoms. The van der Waals surface area contributed by atoms with Gasteiger partial charge in [0.1, 0.15) is 11.6 Å². The molecule has 0 aliphatic heterocycles. The van der Waals surface area contributed by atoms with E-state index in [1.807, 2.05) is 0 Å². The van der Waals surface area contributed by atoms with E-state index in [-0.39, 0.29) is 2.85 Å². The van der Waals surface area contributed by atoms with Gasteiger partial charge in [0.05, 0.1) is 5.52 Å². The van der Waals surface area contributed by atoms with Crippen LogP contribution in [0.5, 0.6) is 0 Å². The zero-order valence-electron chi connectivity index (χ0n) is 24.1. The molecule has 1 aliphatic carbocycles. The van der Waals surface area contributed by atoms with Gasteiger partial charge >= 0.3 is 0 Å². The minimum absolute atomic E-state index is 0. The smallest absolute Gasteiger partial charge is 0.139 e. The van der Waals surface area contributed by atoms with Gasteiger partial charge in [-0.2, -0.15) is 0 Å². The SMILES string of the molecule is CN(C)c1nc(CCCCC2CCC(CNCc3cc4ccccc4c4ccccc34)CC2)nc2ccccc12.[HH].[HH]. The lowest BCUT2D eigenvalue weighted by Gasteiger charge is -2.29. The minimum Gasteiger partial charge on any atom is -0.362 e. The van der Waals surface area contributed by atoms with E-state index in [4.69, 9.17) is 9.97 Å². The second-order valence-electron chi connectivity index (χ2n) is 11.9.